The normalized spacial score (nSPS) is 21.3. The van der Waals surface area contributed by atoms with Gasteiger partial charge in [-0.25, -0.2) is 4.39 Å². The Morgan fingerprint density at radius 2 is 2.00 bits per heavy atom. The van der Waals surface area contributed by atoms with Gasteiger partial charge in [-0.05, 0) is 36.8 Å². The van der Waals surface area contributed by atoms with E-state index in [2.05, 4.69) is 4.90 Å². The summed E-state index contributed by atoms with van der Waals surface area (Å²) in [6.45, 7) is 4.06. The number of ether oxygens (including phenoxy) is 2. The summed E-state index contributed by atoms with van der Waals surface area (Å²) in [5.41, 5.74) is -0.0490. The molecule has 8 nitrogen and oxygen atoms in total. The lowest BCUT2D eigenvalue weighted by molar-refractivity contribution is -0.140. The maximum Gasteiger partial charge on any atom is 0.295 e. The van der Waals surface area contributed by atoms with Crippen molar-refractivity contribution in [2.45, 2.75) is 12.5 Å². The van der Waals surface area contributed by atoms with Crippen LogP contribution >= 0.6 is 0 Å². The van der Waals surface area contributed by atoms with Gasteiger partial charge in [0.1, 0.15) is 17.6 Å². The number of halogens is 1. The molecule has 0 spiro atoms. The van der Waals surface area contributed by atoms with Gasteiger partial charge >= 0.3 is 0 Å². The van der Waals surface area contributed by atoms with Crippen LogP contribution in [-0.2, 0) is 14.3 Å². The van der Waals surface area contributed by atoms with Crippen LogP contribution < -0.4 is 4.74 Å². The van der Waals surface area contributed by atoms with Crippen molar-refractivity contribution in [2.24, 2.45) is 0 Å². The molecule has 4 rings (SSSR count). The molecule has 1 atom stereocenters. The molecular weight excluding hydrogens is 419 g/mol. The van der Waals surface area contributed by atoms with E-state index in [1.54, 1.807) is 12.1 Å². The number of hydrogen-bond donors (Lipinski definition) is 1. The third kappa shape index (κ3) is 4.26. The number of amides is 1. The van der Waals surface area contributed by atoms with Crippen LogP contribution in [0.15, 0.2) is 46.6 Å². The van der Waals surface area contributed by atoms with Crippen molar-refractivity contribution in [1.29, 1.82) is 0 Å². The van der Waals surface area contributed by atoms with Gasteiger partial charge in [-0.15, -0.1) is 0 Å². The Balaban J connectivity index is 1.63. The molecule has 2 aliphatic rings. The van der Waals surface area contributed by atoms with Gasteiger partial charge in [-0.1, -0.05) is 0 Å². The van der Waals surface area contributed by atoms with Crippen LogP contribution in [0.2, 0.25) is 0 Å². The Morgan fingerprint density at radius 3 is 2.66 bits per heavy atom. The summed E-state index contributed by atoms with van der Waals surface area (Å²) >= 11 is 0. The third-order valence-corrected chi connectivity index (χ3v) is 5.75. The maximum atomic E-state index is 14.2. The highest BCUT2D eigenvalue weighted by Gasteiger charge is 2.47. The number of hydrogen-bond acceptors (Lipinski definition) is 7. The maximum absolute atomic E-state index is 14.2. The Kier molecular flexibility index (Phi) is 6.57. The molecule has 1 aromatic carbocycles. The van der Waals surface area contributed by atoms with Crippen molar-refractivity contribution in [3.05, 3.63) is 59.3 Å². The predicted octanol–water partition coefficient (Wildman–Crippen LogP) is 2.57. The fourth-order valence-corrected chi connectivity index (χ4v) is 4.11. The predicted molar refractivity (Wildman–Crippen MR) is 113 cm³/mol. The van der Waals surface area contributed by atoms with E-state index < -0.39 is 29.3 Å². The summed E-state index contributed by atoms with van der Waals surface area (Å²) < 4.78 is 30.0. The number of carbonyl (C=O) groups is 2. The Hall–Kier alpha value is -3.17. The van der Waals surface area contributed by atoms with E-state index in [0.29, 0.717) is 31.9 Å². The monoisotopic (exact) mass is 444 g/mol. The summed E-state index contributed by atoms with van der Waals surface area (Å²) in [7, 11) is 1.33. The third-order valence-electron chi connectivity index (χ3n) is 5.75. The number of ketones is 1. The molecule has 32 heavy (non-hydrogen) atoms. The summed E-state index contributed by atoms with van der Waals surface area (Å²) in [5, 5.41) is 10.9. The quantitative estimate of drug-likeness (QED) is 0.399. The molecule has 0 aliphatic carbocycles. The number of methoxy groups -OCH3 is 1. The number of benzene rings is 1. The zero-order valence-electron chi connectivity index (χ0n) is 17.8. The van der Waals surface area contributed by atoms with Gasteiger partial charge in [0.15, 0.2) is 11.6 Å². The summed E-state index contributed by atoms with van der Waals surface area (Å²) in [6, 6.07) is 6.26. The summed E-state index contributed by atoms with van der Waals surface area (Å²) in [6.07, 6.45) is 2.08. The van der Waals surface area contributed by atoms with Crippen molar-refractivity contribution in [2.75, 3.05) is 46.5 Å². The van der Waals surface area contributed by atoms with Crippen LogP contribution in [0.1, 0.15) is 23.8 Å². The molecule has 1 aromatic heterocycles. The van der Waals surface area contributed by atoms with Crippen molar-refractivity contribution >= 4 is 17.4 Å². The number of Topliss-reactive ketones (excluding diaryl/α,β-unsaturated/α-hetero) is 1. The van der Waals surface area contributed by atoms with Gasteiger partial charge in [0.2, 0.25) is 0 Å². The van der Waals surface area contributed by atoms with Crippen molar-refractivity contribution < 1.29 is 33.0 Å². The van der Waals surface area contributed by atoms with E-state index in [4.69, 9.17) is 13.9 Å². The van der Waals surface area contributed by atoms with Crippen molar-refractivity contribution in [1.82, 2.24) is 9.80 Å². The number of likely N-dealkylation sites (tertiary alicyclic amines) is 1. The Bertz CT molecular complexity index is 1010. The topological polar surface area (TPSA) is 92.5 Å². The number of rotatable bonds is 7. The van der Waals surface area contributed by atoms with Crippen LogP contribution in [0.4, 0.5) is 4.39 Å². The van der Waals surface area contributed by atoms with Gasteiger partial charge in [0, 0.05) is 31.7 Å². The molecule has 1 N–H and O–H groups in total. The second-order valence-electron chi connectivity index (χ2n) is 7.66. The lowest BCUT2D eigenvalue weighted by Crippen LogP contribution is -2.38. The average molecular weight is 444 g/mol. The number of nitrogens with zero attached hydrogens (tertiary/aromatic N) is 2. The molecule has 3 heterocycles. The fraction of sp³-hybridized carbons (Fsp3) is 0.391. The fourth-order valence-electron chi connectivity index (χ4n) is 4.11. The first-order chi connectivity index (χ1) is 15.5. The lowest BCUT2D eigenvalue weighted by Gasteiger charge is -2.28. The number of morpholine rings is 1. The van der Waals surface area contributed by atoms with Gasteiger partial charge in [-0.2, -0.15) is 0 Å². The van der Waals surface area contributed by atoms with Crippen LogP contribution in [0.5, 0.6) is 5.75 Å². The van der Waals surface area contributed by atoms with E-state index in [-0.39, 0.29) is 16.9 Å². The minimum absolute atomic E-state index is 0.00713. The lowest BCUT2D eigenvalue weighted by atomic mass is 9.99. The van der Waals surface area contributed by atoms with E-state index in [1.807, 2.05) is 0 Å². The summed E-state index contributed by atoms with van der Waals surface area (Å²) in [4.78, 5) is 29.4. The molecule has 1 unspecified atom stereocenters. The first-order valence-electron chi connectivity index (χ1n) is 10.5. The highest BCUT2D eigenvalue weighted by atomic mass is 19.1. The second-order valence-corrected chi connectivity index (χ2v) is 7.66. The second kappa shape index (κ2) is 9.54. The van der Waals surface area contributed by atoms with E-state index in [1.165, 1.54) is 30.4 Å². The standard InChI is InChI=1S/C23H25FN2O6/c1-30-17-6-5-15(14-16(17)24)21(27)19-20(18-4-2-11-32-18)26(23(29)22(19)28)8-3-7-25-9-12-31-13-10-25/h2,4-6,11,14,20,27H,3,7-10,12-13H2,1H3. The van der Waals surface area contributed by atoms with Gasteiger partial charge in [-0.3, -0.25) is 14.5 Å². The highest BCUT2D eigenvalue weighted by Crippen LogP contribution is 2.40. The summed E-state index contributed by atoms with van der Waals surface area (Å²) in [5.74, 6) is -2.33. The molecule has 0 radical (unpaired) electrons. The van der Waals surface area contributed by atoms with E-state index >= 15 is 0 Å². The first-order valence-corrected chi connectivity index (χ1v) is 10.5. The minimum Gasteiger partial charge on any atom is -0.507 e. The molecule has 2 aliphatic heterocycles. The smallest absolute Gasteiger partial charge is 0.295 e. The Morgan fingerprint density at radius 1 is 1.22 bits per heavy atom. The number of aliphatic hydroxyl groups is 1. The minimum atomic E-state index is -0.889. The van der Waals surface area contributed by atoms with Crippen LogP contribution in [0.3, 0.4) is 0 Å². The molecule has 2 fully saturated rings. The molecule has 0 saturated carbocycles. The Labute approximate surface area is 184 Å². The van der Waals surface area contributed by atoms with Crippen molar-refractivity contribution in [3.63, 3.8) is 0 Å². The van der Waals surface area contributed by atoms with Crippen LogP contribution in [0, 0.1) is 5.82 Å². The van der Waals surface area contributed by atoms with Gasteiger partial charge < -0.3 is 23.9 Å². The average Bonchev–Trinajstić information content (AvgIpc) is 3.42. The van der Waals surface area contributed by atoms with E-state index in [0.717, 1.165) is 25.7 Å². The van der Waals surface area contributed by atoms with Gasteiger partial charge in [0.25, 0.3) is 11.7 Å². The number of furan rings is 1. The molecule has 9 heteroatoms. The molecule has 0 bridgehead atoms. The number of carbonyl (C=O) groups excluding carboxylic acids is 2. The zero-order valence-corrected chi connectivity index (χ0v) is 17.8. The molecule has 1 amide bonds. The molecular formula is C23H25FN2O6. The van der Waals surface area contributed by atoms with Crippen molar-refractivity contribution in [3.8, 4) is 5.75 Å². The largest absolute Gasteiger partial charge is 0.507 e. The van der Waals surface area contributed by atoms with Crippen LogP contribution in [-0.4, -0.2) is 73.1 Å². The highest BCUT2D eigenvalue weighted by molar-refractivity contribution is 6.46. The molecule has 2 saturated heterocycles. The molecule has 170 valence electrons. The number of aliphatic hydroxyl groups excluding tert-OH is 1. The zero-order chi connectivity index (χ0) is 22.7. The SMILES string of the molecule is COc1ccc(C(O)=C2C(=O)C(=O)N(CCCN3CCOCC3)C2c2ccco2)cc1F. The van der Waals surface area contributed by atoms with Crippen LogP contribution in [0.25, 0.3) is 5.76 Å². The molecule has 2 aromatic rings. The van der Waals surface area contributed by atoms with E-state index in [9.17, 15) is 19.1 Å². The first kappa shape index (κ1) is 22.0. The van der Waals surface area contributed by atoms with Gasteiger partial charge in [0.05, 0.1) is 32.2 Å².